The number of rotatable bonds is 3. The highest BCUT2D eigenvalue weighted by molar-refractivity contribution is 6.38. The van der Waals surface area contributed by atoms with Crippen molar-refractivity contribution in [3.8, 4) is 0 Å². The summed E-state index contributed by atoms with van der Waals surface area (Å²) in [5, 5.41) is 5.56. The first-order valence-electron chi connectivity index (χ1n) is 8.56. The van der Waals surface area contributed by atoms with Crippen LogP contribution in [0.15, 0.2) is 30.5 Å². The second-order valence-corrected chi connectivity index (χ2v) is 7.43. The number of hydrogen-bond acceptors (Lipinski definition) is 2. The maximum Gasteiger partial charge on any atom is 0.433 e. The number of aryl methyl sites for hydroxylation is 2. The van der Waals surface area contributed by atoms with Crippen LogP contribution < -0.4 is 5.32 Å². The minimum absolute atomic E-state index is 0.563. The molecule has 142 valence electrons. The summed E-state index contributed by atoms with van der Waals surface area (Å²) in [6.07, 6.45) is -1.70. The monoisotopic (exact) mass is 413 g/mol. The highest BCUT2D eigenvalue weighted by atomic mass is 35.5. The summed E-state index contributed by atoms with van der Waals surface area (Å²) in [6.45, 7) is 2.23. The lowest BCUT2D eigenvalue weighted by Gasteiger charge is -2.17. The largest absolute Gasteiger partial charge is 0.433 e. The molecule has 0 unspecified atom stereocenters. The van der Waals surface area contributed by atoms with E-state index in [9.17, 15) is 13.2 Å². The van der Waals surface area contributed by atoms with Crippen molar-refractivity contribution in [3.63, 3.8) is 0 Å². The molecule has 0 saturated heterocycles. The summed E-state index contributed by atoms with van der Waals surface area (Å²) in [5.41, 5.74) is 3.19. The van der Waals surface area contributed by atoms with Crippen molar-refractivity contribution in [3.05, 3.63) is 63.0 Å². The number of halogens is 5. The number of hydrogen-bond donors (Lipinski definition) is 1. The number of nitrogens with zero attached hydrogens (tertiary/aromatic N) is 2. The van der Waals surface area contributed by atoms with Gasteiger partial charge in [-0.2, -0.15) is 13.2 Å². The normalized spacial score (nSPS) is 14.6. The molecule has 2 aromatic heterocycles. The van der Waals surface area contributed by atoms with Crippen LogP contribution >= 0.6 is 23.2 Å². The third-order valence-corrected chi connectivity index (χ3v) is 5.38. The molecule has 1 N–H and O–H groups in total. The predicted octanol–water partition coefficient (Wildman–Crippen LogP) is 5.25. The van der Waals surface area contributed by atoms with Gasteiger partial charge in [0.2, 0.25) is 0 Å². The number of aromatic nitrogens is 2. The maximum atomic E-state index is 12.7. The molecule has 0 radical (unpaired) electrons. The first-order chi connectivity index (χ1) is 12.8. The molecule has 0 fully saturated rings. The molecule has 0 atom stereocenters. The van der Waals surface area contributed by atoms with E-state index in [4.69, 9.17) is 23.2 Å². The number of pyridine rings is 1. The van der Waals surface area contributed by atoms with Gasteiger partial charge in [0.1, 0.15) is 5.69 Å². The van der Waals surface area contributed by atoms with Gasteiger partial charge >= 0.3 is 6.18 Å². The Morgan fingerprint density at radius 3 is 2.70 bits per heavy atom. The molecule has 0 spiro atoms. The molecule has 1 aromatic carbocycles. The zero-order valence-corrected chi connectivity index (χ0v) is 15.7. The van der Waals surface area contributed by atoms with Crippen molar-refractivity contribution < 1.29 is 13.2 Å². The quantitative estimate of drug-likeness (QED) is 0.635. The van der Waals surface area contributed by atoms with Gasteiger partial charge in [0.25, 0.3) is 0 Å². The lowest BCUT2D eigenvalue weighted by atomic mass is 10.1. The van der Waals surface area contributed by atoms with E-state index >= 15 is 0 Å². The van der Waals surface area contributed by atoms with E-state index in [2.05, 4.69) is 14.9 Å². The fourth-order valence-electron chi connectivity index (χ4n) is 3.65. The summed E-state index contributed by atoms with van der Waals surface area (Å²) in [6, 6.07) is 6.15. The average molecular weight is 414 g/mol. The molecule has 3 nitrogen and oxygen atoms in total. The van der Waals surface area contributed by atoms with Gasteiger partial charge in [0.05, 0.1) is 10.5 Å². The van der Waals surface area contributed by atoms with Crippen molar-refractivity contribution in [1.82, 2.24) is 14.9 Å². The predicted molar refractivity (Wildman–Crippen MR) is 100 cm³/mol. The Labute approximate surface area is 164 Å². The van der Waals surface area contributed by atoms with Gasteiger partial charge in [0, 0.05) is 48.4 Å². The third kappa shape index (κ3) is 3.53. The molecule has 0 bridgehead atoms. The molecule has 0 aliphatic carbocycles. The summed E-state index contributed by atoms with van der Waals surface area (Å²) in [5.74, 6) is 0. The first kappa shape index (κ1) is 18.6. The van der Waals surface area contributed by atoms with E-state index in [-0.39, 0.29) is 0 Å². The lowest BCUT2D eigenvalue weighted by molar-refractivity contribution is -0.141. The van der Waals surface area contributed by atoms with Crippen LogP contribution in [0.4, 0.5) is 13.2 Å². The minimum atomic E-state index is -4.42. The van der Waals surface area contributed by atoms with Crippen LogP contribution in [0, 0.1) is 0 Å². The number of benzene rings is 1. The van der Waals surface area contributed by atoms with Gasteiger partial charge in [0.15, 0.2) is 0 Å². The molecule has 27 heavy (non-hydrogen) atoms. The molecule has 1 aliphatic rings. The van der Waals surface area contributed by atoms with E-state index in [0.717, 1.165) is 42.0 Å². The van der Waals surface area contributed by atoms with Crippen molar-refractivity contribution >= 4 is 34.1 Å². The second-order valence-electron chi connectivity index (χ2n) is 6.59. The van der Waals surface area contributed by atoms with Crippen molar-refractivity contribution in [2.45, 2.75) is 32.1 Å². The SMILES string of the molecule is FC(F)(F)c1ccc(CCn2c3c(c4cc(Cl)cc(Cl)c42)CNCC3)cn1. The molecule has 0 amide bonds. The van der Waals surface area contributed by atoms with Gasteiger partial charge in [-0.05, 0) is 35.7 Å². The summed E-state index contributed by atoms with van der Waals surface area (Å²) in [7, 11) is 0. The van der Waals surface area contributed by atoms with Crippen molar-refractivity contribution in [2.75, 3.05) is 6.54 Å². The summed E-state index contributed by atoms with van der Waals surface area (Å²) in [4.78, 5) is 3.54. The van der Waals surface area contributed by atoms with Crippen LogP contribution in [-0.4, -0.2) is 16.1 Å². The molecule has 3 heterocycles. The number of alkyl halides is 3. The fourth-order valence-corrected chi connectivity index (χ4v) is 4.25. The molecular formula is C19H16Cl2F3N3. The Balaban J connectivity index is 1.68. The second kappa shape index (κ2) is 7.00. The van der Waals surface area contributed by atoms with Crippen molar-refractivity contribution in [1.29, 1.82) is 0 Å². The van der Waals surface area contributed by atoms with Gasteiger partial charge in [-0.1, -0.05) is 29.3 Å². The van der Waals surface area contributed by atoms with Crippen LogP contribution in [0.5, 0.6) is 0 Å². The van der Waals surface area contributed by atoms with E-state index < -0.39 is 11.9 Å². The van der Waals surface area contributed by atoms with Crippen LogP contribution in [-0.2, 0) is 32.1 Å². The highest BCUT2D eigenvalue weighted by Gasteiger charge is 2.32. The summed E-state index contributed by atoms with van der Waals surface area (Å²) < 4.78 is 40.2. The topological polar surface area (TPSA) is 29.9 Å². The Morgan fingerprint density at radius 1 is 1.19 bits per heavy atom. The third-order valence-electron chi connectivity index (χ3n) is 4.88. The molecule has 3 aromatic rings. The Morgan fingerprint density at radius 2 is 2.00 bits per heavy atom. The molecule has 0 saturated carbocycles. The van der Waals surface area contributed by atoms with Crippen LogP contribution in [0.25, 0.3) is 10.9 Å². The lowest BCUT2D eigenvalue weighted by Crippen LogP contribution is -2.24. The number of nitrogens with one attached hydrogen (secondary N) is 1. The zero-order valence-electron chi connectivity index (χ0n) is 14.2. The average Bonchev–Trinajstić information content (AvgIpc) is 2.94. The van der Waals surface area contributed by atoms with Crippen LogP contribution in [0.2, 0.25) is 10.0 Å². The molecule has 4 rings (SSSR count). The Kier molecular flexibility index (Phi) is 4.82. The van der Waals surface area contributed by atoms with Crippen molar-refractivity contribution in [2.24, 2.45) is 0 Å². The molecule has 1 aliphatic heterocycles. The molecule has 8 heteroatoms. The van der Waals surface area contributed by atoms with Gasteiger partial charge < -0.3 is 9.88 Å². The zero-order chi connectivity index (χ0) is 19.2. The van der Waals surface area contributed by atoms with Crippen LogP contribution in [0.1, 0.15) is 22.5 Å². The first-order valence-corrected chi connectivity index (χ1v) is 9.32. The van der Waals surface area contributed by atoms with Gasteiger partial charge in [-0.15, -0.1) is 0 Å². The van der Waals surface area contributed by atoms with E-state index in [1.54, 1.807) is 6.07 Å². The van der Waals surface area contributed by atoms with E-state index in [1.165, 1.54) is 23.5 Å². The fraction of sp³-hybridized carbons (Fsp3) is 0.316. The molecular weight excluding hydrogens is 398 g/mol. The summed E-state index contributed by atoms with van der Waals surface area (Å²) >= 11 is 12.7. The van der Waals surface area contributed by atoms with E-state index in [1.807, 2.05) is 6.07 Å². The smallest absolute Gasteiger partial charge is 0.343 e. The van der Waals surface area contributed by atoms with Gasteiger partial charge in [-0.25, -0.2) is 0 Å². The Hall–Kier alpha value is -1.76. The minimum Gasteiger partial charge on any atom is -0.343 e. The maximum absolute atomic E-state index is 12.7. The van der Waals surface area contributed by atoms with Gasteiger partial charge in [-0.3, -0.25) is 4.98 Å². The highest BCUT2D eigenvalue weighted by Crippen LogP contribution is 2.36. The standard InChI is InChI=1S/C19H16Cl2F3N3/c20-12-7-13-14-10-25-5-3-16(14)27(18(13)15(21)8-12)6-4-11-1-2-17(26-9-11)19(22,23)24/h1-2,7-9,25H,3-6,10H2. The Bertz CT molecular complexity index is 994. The van der Waals surface area contributed by atoms with Crippen LogP contribution in [0.3, 0.4) is 0 Å². The van der Waals surface area contributed by atoms with E-state index in [0.29, 0.717) is 23.0 Å². The number of fused-ring (bicyclic) bond motifs is 3.